The van der Waals surface area contributed by atoms with Gasteiger partial charge in [0.05, 0.1) is 11.1 Å². The number of carboxylic acids is 1. The Hall–Kier alpha value is -3.60. The summed E-state index contributed by atoms with van der Waals surface area (Å²) in [5.41, 5.74) is 4.12. The van der Waals surface area contributed by atoms with Crippen molar-refractivity contribution in [3.63, 3.8) is 0 Å². The number of hydrogen-bond donors (Lipinski definition) is 2. The highest BCUT2D eigenvalue weighted by Crippen LogP contribution is 2.39. The second kappa shape index (κ2) is 5.79. The van der Waals surface area contributed by atoms with Crippen molar-refractivity contribution in [2.75, 3.05) is 5.32 Å². The fourth-order valence-corrected chi connectivity index (χ4v) is 2.99. The van der Waals surface area contributed by atoms with Crippen LogP contribution in [0.3, 0.4) is 0 Å². The maximum Gasteiger partial charge on any atom is 0.335 e. The summed E-state index contributed by atoms with van der Waals surface area (Å²) < 4.78 is 1.83. The number of aromatic carboxylic acids is 1. The maximum atomic E-state index is 12.4. The van der Waals surface area contributed by atoms with E-state index in [0.29, 0.717) is 5.57 Å². The molecule has 0 fully saturated rings. The van der Waals surface area contributed by atoms with Crippen LogP contribution in [-0.4, -0.2) is 21.6 Å². The zero-order valence-electron chi connectivity index (χ0n) is 13.1. The average molecular weight is 330 g/mol. The van der Waals surface area contributed by atoms with Gasteiger partial charge in [-0.3, -0.25) is 4.79 Å². The van der Waals surface area contributed by atoms with Gasteiger partial charge in [0.15, 0.2) is 0 Å². The maximum absolute atomic E-state index is 12.4. The van der Waals surface area contributed by atoms with Crippen molar-refractivity contribution in [1.82, 2.24) is 4.57 Å². The molecule has 0 saturated carbocycles. The van der Waals surface area contributed by atoms with E-state index in [1.54, 1.807) is 30.5 Å². The van der Waals surface area contributed by atoms with Gasteiger partial charge in [-0.15, -0.1) is 0 Å². The number of fused-ring (bicyclic) bond motifs is 1. The minimum Gasteiger partial charge on any atom is -0.478 e. The standard InChI is InChI=1S/C20H14N2O3/c23-19-16(12-22-10-1-2-11-22)18-15(4-3-5-17(18)21-19)13-6-8-14(9-7-13)20(24)25/h1-12H,(H,21,23)(H,24,25). The van der Waals surface area contributed by atoms with E-state index in [-0.39, 0.29) is 11.5 Å². The number of benzene rings is 2. The summed E-state index contributed by atoms with van der Waals surface area (Å²) in [6.07, 6.45) is 5.52. The molecule has 2 aromatic carbocycles. The van der Waals surface area contributed by atoms with Crippen LogP contribution in [0, 0.1) is 0 Å². The van der Waals surface area contributed by atoms with Crippen molar-refractivity contribution >= 4 is 29.3 Å². The molecular weight excluding hydrogens is 316 g/mol. The third-order valence-electron chi connectivity index (χ3n) is 4.18. The minimum atomic E-state index is -0.963. The van der Waals surface area contributed by atoms with Crippen molar-refractivity contribution in [3.05, 3.63) is 78.1 Å². The van der Waals surface area contributed by atoms with Crippen molar-refractivity contribution in [1.29, 1.82) is 0 Å². The normalized spacial score (nSPS) is 14.4. The first-order valence-electron chi connectivity index (χ1n) is 7.76. The molecule has 25 heavy (non-hydrogen) atoms. The minimum absolute atomic E-state index is 0.154. The third kappa shape index (κ3) is 2.61. The number of nitrogens with zero attached hydrogens (tertiary/aromatic N) is 1. The van der Waals surface area contributed by atoms with Crippen LogP contribution in [-0.2, 0) is 4.79 Å². The van der Waals surface area contributed by atoms with Crippen LogP contribution in [0.5, 0.6) is 0 Å². The molecular formula is C20H14N2O3. The van der Waals surface area contributed by atoms with E-state index in [1.165, 1.54) is 0 Å². The van der Waals surface area contributed by atoms with Gasteiger partial charge in [-0.05, 0) is 41.5 Å². The predicted molar refractivity (Wildman–Crippen MR) is 96.1 cm³/mol. The number of nitrogens with one attached hydrogen (secondary N) is 1. The highest BCUT2D eigenvalue weighted by atomic mass is 16.4. The Morgan fingerprint density at radius 3 is 2.40 bits per heavy atom. The molecule has 122 valence electrons. The molecule has 0 atom stereocenters. The monoisotopic (exact) mass is 330 g/mol. The lowest BCUT2D eigenvalue weighted by atomic mass is 9.94. The fraction of sp³-hybridized carbons (Fsp3) is 0. The van der Waals surface area contributed by atoms with Crippen LogP contribution in [0.2, 0.25) is 0 Å². The van der Waals surface area contributed by atoms with Crippen LogP contribution in [0.4, 0.5) is 5.69 Å². The molecule has 4 rings (SSSR count). The summed E-state index contributed by atoms with van der Waals surface area (Å²) in [5, 5.41) is 11.9. The Kier molecular flexibility index (Phi) is 3.47. The van der Waals surface area contributed by atoms with Crippen molar-refractivity contribution in [3.8, 4) is 11.1 Å². The first-order valence-corrected chi connectivity index (χ1v) is 7.76. The number of carbonyl (C=O) groups excluding carboxylic acids is 1. The zero-order valence-corrected chi connectivity index (χ0v) is 13.1. The molecule has 1 aliphatic heterocycles. The van der Waals surface area contributed by atoms with E-state index in [2.05, 4.69) is 5.32 Å². The van der Waals surface area contributed by atoms with E-state index < -0.39 is 5.97 Å². The van der Waals surface area contributed by atoms with Crippen LogP contribution >= 0.6 is 0 Å². The quantitative estimate of drug-likeness (QED) is 0.718. The zero-order chi connectivity index (χ0) is 17.4. The number of amides is 1. The van der Waals surface area contributed by atoms with E-state index >= 15 is 0 Å². The van der Waals surface area contributed by atoms with Gasteiger partial charge in [-0.1, -0.05) is 24.3 Å². The van der Waals surface area contributed by atoms with Crippen molar-refractivity contribution < 1.29 is 14.7 Å². The van der Waals surface area contributed by atoms with Gasteiger partial charge in [0.25, 0.3) is 5.91 Å². The third-order valence-corrected chi connectivity index (χ3v) is 4.18. The lowest BCUT2D eigenvalue weighted by molar-refractivity contribution is -0.110. The van der Waals surface area contributed by atoms with Crippen molar-refractivity contribution in [2.45, 2.75) is 0 Å². The van der Waals surface area contributed by atoms with E-state index in [4.69, 9.17) is 5.11 Å². The molecule has 5 heteroatoms. The highest BCUT2D eigenvalue weighted by Gasteiger charge is 2.27. The van der Waals surface area contributed by atoms with Crippen LogP contribution in [0.15, 0.2) is 67.0 Å². The molecule has 0 spiro atoms. The Balaban J connectivity index is 1.86. The summed E-state index contributed by atoms with van der Waals surface area (Å²) in [6, 6.07) is 16.1. The molecule has 1 amide bonds. The Bertz CT molecular complexity index is 1000. The molecule has 2 heterocycles. The smallest absolute Gasteiger partial charge is 0.335 e. The molecule has 0 bridgehead atoms. The molecule has 0 unspecified atom stereocenters. The Labute approximate surface area is 143 Å². The summed E-state index contributed by atoms with van der Waals surface area (Å²) in [6.45, 7) is 0. The first-order chi connectivity index (χ1) is 12.1. The lowest BCUT2D eigenvalue weighted by Gasteiger charge is -2.09. The summed E-state index contributed by atoms with van der Waals surface area (Å²) in [7, 11) is 0. The van der Waals surface area contributed by atoms with Gasteiger partial charge in [0.1, 0.15) is 0 Å². The molecule has 1 aromatic heterocycles. The SMILES string of the molecule is O=C1Nc2cccc(-c3ccc(C(=O)O)cc3)c2C1=Cn1cccc1. The first kappa shape index (κ1) is 15.0. The van der Waals surface area contributed by atoms with Gasteiger partial charge >= 0.3 is 5.97 Å². The van der Waals surface area contributed by atoms with Gasteiger partial charge in [-0.25, -0.2) is 4.79 Å². The van der Waals surface area contributed by atoms with Crippen LogP contribution < -0.4 is 5.32 Å². The van der Waals surface area contributed by atoms with Gasteiger partial charge in [-0.2, -0.15) is 0 Å². The van der Waals surface area contributed by atoms with Crippen LogP contribution in [0.1, 0.15) is 15.9 Å². The second-order valence-corrected chi connectivity index (χ2v) is 5.74. The summed E-state index contributed by atoms with van der Waals surface area (Å²) in [5.74, 6) is -1.12. The van der Waals surface area contributed by atoms with Gasteiger partial charge in [0, 0.05) is 29.8 Å². The van der Waals surface area contributed by atoms with Gasteiger partial charge in [0.2, 0.25) is 0 Å². The molecule has 5 nitrogen and oxygen atoms in total. The number of anilines is 1. The molecule has 0 saturated heterocycles. The van der Waals surface area contributed by atoms with E-state index in [9.17, 15) is 9.59 Å². The number of hydrogen-bond acceptors (Lipinski definition) is 2. The fourth-order valence-electron chi connectivity index (χ4n) is 2.99. The molecule has 1 aliphatic rings. The summed E-state index contributed by atoms with van der Waals surface area (Å²) >= 11 is 0. The Morgan fingerprint density at radius 1 is 1.00 bits per heavy atom. The van der Waals surface area contributed by atoms with Crippen molar-refractivity contribution in [2.24, 2.45) is 0 Å². The number of carboxylic acid groups (broad SMARTS) is 1. The highest BCUT2D eigenvalue weighted by molar-refractivity contribution is 6.35. The molecule has 0 aliphatic carbocycles. The largest absolute Gasteiger partial charge is 0.478 e. The number of aromatic nitrogens is 1. The number of rotatable bonds is 3. The molecule has 0 radical (unpaired) electrons. The molecule has 3 aromatic rings. The van der Waals surface area contributed by atoms with E-state index in [0.717, 1.165) is 22.4 Å². The second-order valence-electron chi connectivity index (χ2n) is 5.74. The topological polar surface area (TPSA) is 71.3 Å². The van der Waals surface area contributed by atoms with Crippen LogP contribution in [0.25, 0.3) is 22.9 Å². The number of carbonyl (C=O) groups is 2. The average Bonchev–Trinajstić information content (AvgIpc) is 3.23. The molecule has 2 N–H and O–H groups in total. The lowest BCUT2D eigenvalue weighted by Crippen LogP contribution is -2.04. The Morgan fingerprint density at radius 2 is 1.72 bits per heavy atom. The van der Waals surface area contributed by atoms with E-state index in [1.807, 2.05) is 47.3 Å². The predicted octanol–water partition coefficient (Wildman–Crippen LogP) is 3.80. The van der Waals surface area contributed by atoms with Gasteiger partial charge < -0.3 is 15.0 Å². The summed E-state index contributed by atoms with van der Waals surface area (Å²) in [4.78, 5) is 23.5.